The maximum absolute atomic E-state index is 11.8. The Morgan fingerprint density at radius 3 is 2.95 bits per heavy atom. The maximum atomic E-state index is 11.8. The van der Waals surface area contributed by atoms with Crippen LogP contribution in [0.4, 0.5) is 5.13 Å². The highest BCUT2D eigenvalue weighted by molar-refractivity contribution is 7.17. The molecule has 2 N–H and O–H groups in total. The number of anilines is 1. The van der Waals surface area contributed by atoms with E-state index in [0.717, 1.165) is 39.4 Å². The summed E-state index contributed by atoms with van der Waals surface area (Å²) in [6.45, 7) is 7.62. The summed E-state index contributed by atoms with van der Waals surface area (Å²) in [5, 5.41) is 14.7. The molecule has 0 bridgehead atoms. The molecule has 2 heterocycles. The van der Waals surface area contributed by atoms with Crippen molar-refractivity contribution in [1.29, 1.82) is 0 Å². The van der Waals surface area contributed by atoms with Crippen molar-refractivity contribution in [3.05, 3.63) is 5.01 Å². The number of morpholine rings is 1. The molecule has 19 heavy (non-hydrogen) atoms. The third kappa shape index (κ3) is 4.41. The van der Waals surface area contributed by atoms with Gasteiger partial charge in [-0.15, -0.1) is 10.2 Å². The quantitative estimate of drug-likeness (QED) is 0.768. The van der Waals surface area contributed by atoms with E-state index in [1.54, 1.807) is 0 Å². The molecule has 1 aliphatic rings. The molecule has 1 aliphatic heterocycles. The summed E-state index contributed by atoms with van der Waals surface area (Å²) >= 11 is 1.27. The number of nitrogens with one attached hydrogen (secondary N) is 2. The summed E-state index contributed by atoms with van der Waals surface area (Å²) in [5.41, 5.74) is 0. The number of carbonyl (C=O) groups excluding carboxylic acids is 1. The Hall–Kier alpha value is -1.25. The number of hydrogen-bond donors (Lipinski definition) is 2. The van der Waals surface area contributed by atoms with Crippen LogP contribution in [0.25, 0.3) is 0 Å². The molecular weight excluding hydrogens is 266 g/mol. The first-order valence-electron chi connectivity index (χ1n) is 6.45. The maximum Gasteiger partial charge on any atom is 0.282 e. The molecule has 1 amide bonds. The second-order valence-corrected chi connectivity index (χ2v) is 5.13. The number of ether oxygens (including phenoxy) is 1. The van der Waals surface area contributed by atoms with Crippen molar-refractivity contribution in [2.45, 2.75) is 6.92 Å². The Labute approximate surface area is 116 Å². The van der Waals surface area contributed by atoms with Crippen LogP contribution in [-0.4, -0.2) is 66.9 Å². The predicted octanol–water partition coefficient (Wildman–Crippen LogP) is 0.0319. The van der Waals surface area contributed by atoms with E-state index in [0.29, 0.717) is 16.7 Å². The molecule has 0 aliphatic carbocycles. The zero-order valence-corrected chi connectivity index (χ0v) is 11.8. The number of hydrogen-bond acceptors (Lipinski definition) is 7. The average Bonchev–Trinajstić information content (AvgIpc) is 2.89. The van der Waals surface area contributed by atoms with E-state index in [9.17, 15) is 4.79 Å². The van der Waals surface area contributed by atoms with Gasteiger partial charge in [-0.05, 0) is 6.92 Å². The van der Waals surface area contributed by atoms with Gasteiger partial charge < -0.3 is 15.4 Å². The lowest BCUT2D eigenvalue weighted by atomic mass is 10.4. The average molecular weight is 285 g/mol. The van der Waals surface area contributed by atoms with Crippen molar-refractivity contribution in [2.75, 3.05) is 51.3 Å². The number of aromatic nitrogens is 2. The number of amides is 1. The van der Waals surface area contributed by atoms with Gasteiger partial charge in [-0.1, -0.05) is 11.3 Å². The van der Waals surface area contributed by atoms with Crippen LogP contribution in [0.3, 0.4) is 0 Å². The topological polar surface area (TPSA) is 79.4 Å². The van der Waals surface area contributed by atoms with Crippen molar-refractivity contribution in [1.82, 2.24) is 20.4 Å². The molecule has 1 aromatic rings. The molecule has 1 aromatic heterocycles. The van der Waals surface area contributed by atoms with Crippen LogP contribution in [0, 0.1) is 0 Å². The Kier molecular flexibility index (Phi) is 5.49. The minimum Gasteiger partial charge on any atom is -0.379 e. The van der Waals surface area contributed by atoms with Gasteiger partial charge >= 0.3 is 0 Å². The van der Waals surface area contributed by atoms with E-state index in [4.69, 9.17) is 4.74 Å². The highest BCUT2D eigenvalue weighted by Gasteiger charge is 2.13. The van der Waals surface area contributed by atoms with Crippen LogP contribution < -0.4 is 10.6 Å². The fraction of sp³-hybridized carbons (Fsp3) is 0.727. The molecule has 0 spiro atoms. The minimum atomic E-state index is -0.157. The van der Waals surface area contributed by atoms with E-state index in [1.165, 1.54) is 11.3 Å². The molecule has 0 unspecified atom stereocenters. The van der Waals surface area contributed by atoms with Crippen LogP contribution in [0.5, 0.6) is 0 Å². The van der Waals surface area contributed by atoms with Gasteiger partial charge in [0.1, 0.15) is 0 Å². The van der Waals surface area contributed by atoms with Gasteiger partial charge in [0.15, 0.2) is 0 Å². The first-order chi connectivity index (χ1) is 9.29. The Morgan fingerprint density at radius 2 is 2.21 bits per heavy atom. The van der Waals surface area contributed by atoms with E-state index >= 15 is 0 Å². The first-order valence-corrected chi connectivity index (χ1v) is 7.27. The number of rotatable bonds is 6. The monoisotopic (exact) mass is 285 g/mol. The smallest absolute Gasteiger partial charge is 0.282 e. The molecule has 0 saturated carbocycles. The SMILES string of the molecule is CCNc1nnc(C(=O)NCCN2CCOCC2)s1. The molecule has 0 aromatic carbocycles. The summed E-state index contributed by atoms with van der Waals surface area (Å²) in [4.78, 5) is 14.1. The Morgan fingerprint density at radius 1 is 1.42 bits per heavy atom. The normalized spacial score (nSPS) is 16.3. The third-order valence-corrected chi connectivity index (χ3v) is 3.64. The largest absolute Gasteiger partial charge is 0.379 e. The first kappa shape index (κ1) is 14.2. The van der Waals surface area contributed by atoms with E-state index in [1.807, 2.05) is 6.92 Å². The molecule has 2 rings (SSSR count). The lowest BCUT2D eigenvalue weighted by Gasteiger charge is -2.26. The van der Waals surface area contributed by atoms with Crippen molar-refractivity contribution in [3.63, 3.8) is 0 Å². The van der Waals surface area contributed by atoms with E-state index in [2.05, 4.69) is 25.7 Å². The zero-order chi connectivity index (χ0) is 13.5. The molecular formula is C11H19N5O2S. The van der Waals surface area contributed by atoms with Gasteiger partial charge in [-0.25, -0.2) is 0 Å². The highest BCUT2D eigenvalue weighted by atomic mass is 32.1. The lowest BCUT2D eigenvalue weighted by molar-refractivity contribution is 0.0383. The van der Waals surface area contributed by atoms with Crippen LogP contribution in [0.2, 0.25) is 0 Å². The molecule has 0 atom stereocenters. The van der Waals surface area contributed by atoms with Crippen molar-refractivity contribution >= 4 is 22.4 Å². The summed E-state index contributed by atoms with van der Waals surface area (Å²) in [6.07, 6.45) is 0. The van der Waals surface area contributed by atoms with Crippen molar-refractivity contribution < 1.29 is 9.53 Å². The van der Waals surface area contributed by atoms with Crippen molar-refractivity contribution in [2.24, 2.45) is 0 Å². The standard InChI is InChI=1S/C11H19N5O2S/c1-2-12-11-15-14-10(19-11)9(17)13-3-4-16-5-7-18-8-6-16/h2-8H2,1H3,(H,12,15)(H,13,17). The Balaban J connectivity index is 1.70. The minimum absolute atomic E-state index is 0.157. The predicted molar refractivity (Wildman–Crippen MR) is 73.7 cm³/mol. The van der Waals surface area contributed by atoms with Crippen LogP contribution >= 0.6 is 11.3 Å². The third-order valence-electron chi connectivity index (χ3n) is 2.76. The summed E-state index contributed by atoms with van der Waals surface area (Å²) < 4.78 is 5.27. The second-order valence-electron chi connectivity index (χ2n) is 4.15. The van der Waals surface area contributed by atoms with Crippen LogP contribution in [0.1, 0.15) is 16.7 Å². The second kappa shape index (κ2) is 7.37. The Bertz CT molecular complexity index is 406. The highest BCUT2D eigenvalue weighted by Crippen LogP contribution is 2.14. The van der Waals surface area contributed by atoms with Gasteiger partial charge in [-0.2, -0.15) is 0 Å². The molecule has 0 radical (unpaired) electrons. The van der Waals surface area contributed by atoms with E-state index < -0.39 is 0 Å². The summed E-state index contributed by atoms with van der Waals surface area (Å²) in [5.74, 6) is -0.157. The molecule has 7 nitrogen and oxygen atoms in total. The fourth-order valence-corrected chi connectivity index (χ4v) is 2.49. The van der Waals surface area contributed by atoms with Gasteiger partial charge in [0.2, 0.25) is 10.1 Å². The van der Waals surface area contributed by atoms with Gasteiger partial charge in [0.05, 0.1) is 13.2 Å². The lowest BCUT2D eigenvalue weighted by Crippen LogP contribution is -2.41. The molecule has 1 fully saturated rings. The molecule has 8 heteroatoms. The van der Waals surface area contributed by atoms with Crippen LogP contribution in [0.15, 0.2) is 0 Å². The van der Waals surface area contributed by atoms with Gasteiger partial charge in [-0.3, -0.25) is 9.69 Å². The summed E-state index contributed by atoms with van der Waals surface area (Å²) in [7, 11) is 0. The molecule has 1 saturated heterocycles. The van der Waals surface area contributed by atoms with Crippen LogP contribution in [-0.2, 0) is 4.74 Å². The van der Waals surface area contributed by atoms with Gasteiger partial charge in [0, 0.05) is 32.7 Å². The number of nitrogens with zero attached hydrogens (tertiary/aromatic N) is 3. The van der Waals surface area contributed by atoms with Gasteiger partial charge in [0.25, 0.3) is 5.91 Å². The molecule has 106 valence electrons. The number of carbonyl (C=O) groups is 1. The summed E-state index contributed by atoms with van der Waals surface area (Å²) in [6, 6.07) is 0. The fourth-order valence-electron chi connectivity index (χ4n) is 1.77. The van der Waals surface area contributed by atoms with E-state index in [-0.39, 0.29) is 5.91 Å². The zero-order valence-electron chi connectivity index (χ0n) is 11.0. The van der Waals surface area contributed by atoms with Crippen molar-refractivity contribution in [3.8, 4) is 0 Å².